The Balaban J connectivity index is 2.95. The average molecular weight is 209 g/mol. The van der Waals surface area contributed by atoms with Gasteiger partial charge in [-0.2, -0.15) is 0 Å². The molecule has 0 rings (SSSR count). The monoisotopic (exact) mass is 209 g/mol. The highest BCUT2D eigenvalue weighted by atomic mass is 14.0. The van der Waals surface area contributed by atoms with E-state index in [1.165, 1.54) is 64.2 Å². The fourth-order valence-corrected chi connectivity index (χ4v) is 1.70. The number of hydrogen-bond acceptors (Lipinski definition) is 0. The molecule has 1 radical (unpaired) electrons. The van der Waals surface area contributed by atoms with Crippen LogP contribution in [-0.4, -0.2) is 0 Å². The van der Waals surface area contributed by atoms with Gasteiger partial charge in [0.15, 0.2) is 0 Å². The fraction of sp³-hybridized carbons (Fsp3) is 0.800. The first-order chi connectivity index (χ1) is 7.41. The molecule has 0 heterocycles. The molecule has 0 bridgehead atoms. The van der Waals surface area contributed by atoms with Crippen molar-refractivity contribution in [3.8, 4) is 0 Å². The quantitative estimate of drug-likeness (QED) is 0.303. The van der Waals surface area contributed by atoms with Crippen LogP contribution < -0.4 is 0 Å². The Morgan fingerprint density at radius 1 is 0.733 bits per heavy atom. The van der Waals surface area contributed by atoms with Crippen molar-refractivity contribution in [3.05, 3.63) is 19.1 Å². The lowest BCUT2D eigenvalue weighted by molar-refractivity contribution is 0.599. The third-order valence-corrected chi connectivity index (χ3v) is 2.76. The Bertz CT molecular complexity index is 124. The molecule has 0 nitrogen and oxygen atoms in total. The van der Waals surface area contributed by atoms with Crippen LogP contribution in [0.3, 0.4) is 0 Å². The summed E-state index contributed by atoms with van der Waals surface area (Å²) in [6.07, 6.45) is 19.4. The van der Waals surface area contributed by atoms with Crippen LogP contribution in [0.25, 0.3) is 0 Å². The molecule has 0 amide bonds. The van der Waals surface area contributed by atoms with Gasteiger partial charge in [0.25, 0.3) is 0 Å². The first-order valence-electron chi connectivity index (χ1n) is 6.86. The van der Waals surface area contributed by atoms with Crippen LogP contribution >= 0.6 is 0 Å². The van der Waals surface area contributed by atoms with Crippen molar-refractivity contribution in [2.75, 3.05) is 0 Å². The van der Waals surface area contributed by atoms with E-state index < -0.39 is 0 Å². The van der Waals surface area contributed by atoms with Gasteiger partial charge in [0, 0.05) is 0 Å². The summed E-state index contributed by atoms with van der Waals surface area (Å²) in [7, 11) is 0. The number of rotatable bonds is 11. The normalized spacial score (nSPS) is 11.3. The summed E-state index contributed by atoms with van der Waals surface area (Å²) in [6, 6.07) is 0. The molecule has 0 aliphatic heterocycles. The van der Waals surface area contributed by atoms with Crippen LogP contribution in [-0.2, 0) is 0 Å². The summed E-state index contributed by atoms with van der Waals surface area (Å²) < 4.78 is 0. The molecular weight excluding hydrogens is 180 g/mol. The van der Waals surface area contributed by atoms with Gasteiger partial charge in [-0.3, -0.25) is 0 Å². The lowest BCUT2D eigenvalue weighted by Gasteiger charge is -1.98. The second-order valence-electron chi connectivity index (χ2n) is 4.38. The molecule has 0 unspecified atom stereocenters. The Morgan fingerprint density at radius 2 is 1.27 bits per heavy atom. The fourth-order valence-electron chi connectivity index (χ4n) is 1.70. The molecule has 0 fully saturated rings. The maximum Gasteiger partial charge on any atom is -0.0351 e. The summed E-state index contributed by atoms with van der Waals surface area (Å²) in [6.45, 7) is 6.11. The molecule has 0 aromatic heterocycles. The van der Waals surface area contributed by atoms with E-state index in [9.17, 15) is 0 Å². The Morgan fingerprint density at radius 3 is 1.87 bits per heavy atom. The molecule has 0 aliphatic rings. The van der Waals surface area contributed by atoms with E-state index in [0.717, 1.165) is 6.42 Å². The first-order valence-corrected chi connectivity index (χ1v) is 6.86. The standard InChI is InChI=1S/C15H29/c1-3-5-7-9-11-13-15-14-12-10-8-6-4-2/h10,12H,1,3-9,11,13-15H2,2H3. The van der Waals surface area contributed by atoms with Gasteiger partial charge in [0.1, 0.15) is 0 Å². The van der Waals surface area contributed by atoms with Gasteiger partial charge in [0.2, 0.25) is 0 Å². The van der Waals surface area contributed by atoms with Crippen LogP contribution in [0.15, 0.2) is 12.2 Å². The summed E-state index contributed by atoms with van der Waals surface area (Å²) in [5, 5.41) is 0. The number of allylic oxidation sites excluding steroid dienone is 2. The highest BCUT2D eigenvalue weighted by Crippen LogP contribution is 2.08. The predicted octanol–water partition coefficient (Wildman–Crippen LogP) is 5.69. The molecule has 0 N–H and O–H groups in total. The van der Waals surface area contributed by atoms with Crippen molar-refractivity contribution in [2.24, 2.45) is 0 Å². The molecule has 0 saturated heterocycles. The molecule has 0 heteroatoms. The highest BCUT2D eigenvalue weighted by molar-refractivity contribution is 4.81. The zero-order valence-electron chi connectivity index (χ0n) is 10.6. The minimum Gasteiger partial charge on any atom is -0.0885 e. The van der Waals surface area contributed by atoms with E-state index in [-0.39, 0.29) is 0 Å². The van der Waals surface area contributed by atoms with Crippen molar-refractivity contribution < 1.29 is 0 Å². The van der Waals surface area contributed by atoms with Crippen molar-refractivity contribution in [3.63, 3.8) is 0 Å². The van der Waals surface area contributed by atoms with Gasteiger partial charge in [-0.25, -0.2) is 0 Å². The largest absolute Gasteiger partial charge is 0.0885 e. The predicted molar refractivity (Wildman–Crippen MR) is 71.0 cm³/mol. The van der Waals surface area contributed by atoms with Crippen molar-refractivity contribution in [2.45, 2.75) is 77.6 Å². The van der Waals surface area contributed by atoms with Gasteiger partial charge in [0.05, 0.1) is 0 Å². The molecule has 15 heavy (non-hydrogen) atoms. The lowest BCUT2D eigenvalue weighted by atomic mass is 10.1. The Hall–Kier alpha value is -0.260. The minimum absolute atomic E-state index is 1.11. The Kier molecular flexibility index (Phi) is 13.5. The van der Waals surface area contributed by atoms with Crippen LogP contribution in [0, 0.1) is 6.92 Å². The maximum absolute atomic E-state index is 3.86. The molecule has 0 aromatic carbocycles. The highest BCUT2D eigenvalue weighted by Gasteiger charge is 1.89. The van der Waals surface area contributed by atoms with Crippen molar-refractivity contribution in [1.82, 2.24) is 0 Å². The average Bonchev–Trinajstić information content (AvgIpc) is 2.26. The maximum atomic E-state index is 3.86. The van der Waals surface area contributed by atoms with Gasteiger partial charge < -0.3 is 0 Å². The first kappa shape index (κ1) is 14.7. The molecular formula is C15H29. The summed E-state index contributed by atoms with van der Waals surface area (Å²) in [5.74, 6) is 0. The van der Waals surface area contributed by atoms with Crippen LogP contribution in [0.5, 0.6) is 0 Å². The number of unbranched alkanes of at least 4 members (excludes halogenated alkanes) is 9. The summed E-state index contributed by atoms with van der Waals surface area (Å²) in [4.78, 5) is 0. The van der Waals surface area contributed by atoms with Gasteiger partial charge in [-0.1, -0.05) is 77.4 Å². The minimum atomic E-state index is 1.11. The van der Waals surface area contributed by atoms with E-state index in [2.05, 4.69) is 26.0 Å². The molecule has 0 aliphatic carbocycles. The molecule has 0 saturated carbocycles. The lowest BCUT2D eigenvalue weighted by Crippen LogP contribution is -1.79. The van der Waals surface area contributed by atoms with Gasteiger partial charge in [-0.15, -0.1) is 0 Å². The second kappa shape index (κ2) is 13.7. The van der Waals surface area contributed by atoms with Gasteiger partial charge in [-0.05, 0) is 19.3 Å². The SMILES string of the molecule is [CH2]CCCCCCCCC=CCCCC. The third-order valence-electron chi connectivity index (χ3n) is 2.76. The molecule has 0 aromatic rings. The van der Waals surface area contributed by atoms with E-state index >= 15 is 0 Å². The number of hydrogen-bond donors (Lipinski definition) is 0. The second-order valence-corrected chi connectivity index (χ2v) is 4.38. The van der Waals surface area contributed by atoms with E-state index in [1.807, 2.05) is 0 Å². The molecule has 89 valence electrons. The zero-order valence-corrected chi connectivity index (χ0v) is 10.6. The van der Waals surface area contributed by atoms with E-state index in [1.54, 1.807) is 0 Å². The van der Waals surface area contributed by atoms with E-state index in [0.29, 0.717) is 0 Å². The Labute approximate surface area is 97.2 Å². The molecule has 0 atom stereocenters. The van der Waals surface area contributed by atoms with Crippen molar-refractivity contribution >= 4 is 0 Å². The van der Waals surface area contributed by atoms with Crippen LogP contribution in [0.2, 0.25) is 0 Å². The smallest absolute Gasteiger partial charge is 0.0351 e. The van der Waals surface area contributed by atoms with Gasteiger partial charge >= 0.3 is 0 Å². The molecule has 0 spiro atoms. The summed E-state index contributed by atoms with van der Waals surface area (Å²) in [5.41, 5.74) is 0. The van der Waals surface area contributed by atoms with E-state index in [4.69, 9.17) is 0 Å². The zero-order chi connectivity index (χ0) is 11.2. The third kappa shape index (κ3) is 13.7. The van der Waals surface area contributed by atoms with Crippen LogP contribution in [0.1, 0.15) is 77.6 Å². The van der Waals surface area contributed by atoms with Crippen LogP contribution in [0.4, 0.5) is 0 Å². The summed E-state index contributed by atoms with van der Waals surface area (Å²) >= 11 is 0. The van der Waals surface area contributed by atoms with Crippen molar-refractivity contribution in [1.29, 1.82) is 0 Å². The topological polar surface area (TPSA) is 0 Å².